The molecule has 8 heteroatoms. The third kappa shape index (κ3) is 5.01. The SMILES string of the molecule is Fc1cccc(F)c1CNc1nc(N2CCC(N3CCCCC3)CC2)ncc1-c1cccs1. The highest BCUT2D eigenvalue weighted by molar-refractivity contribution is 7.13. The number of thiophene rings is 1. The van der Waals surface area contributed by atoms with E-state index in [0.717, 1.165) is 36.4 Å². The Labute approximate surface area is 197 Å². The van der Waals surface area contributed by atoms with Crippen molar-refractivity contribution < 1.29 is 8.78 Å². The van der Waals surface area contributed by atoms with Gasteiger partial charge >= 0.3 is 0 Å². The van der Waals surface area contributed by atoms with Crippen LogP contribution in [0.25, 0.3) is 10.4 Å². The minimum Gasteiger partial charge on any atom is -0.365 e. The van der Waals surface area contributed by atoms with Crippen LogP contribution in [-0.4, -0.2) is 47.1 Å². The number of nitrogens with zero attached hydrogens (tertiary/aromatic N) is 4. The van der Waals surface area contributed by atoms with E-state index >= 15 is 0 Å². The van der Waals surface area contributed by atoms with Crippen LogP contribution in [0.1, 0.15) is 37.7 Å². The summed E-state index contributed by atoms with van der Waals surface area (Å²) in [5.41, 5.74) is 0.853. The first-order valence-corrected chi connectivity index (χ1v) is 12.6. The molecule has 0 radical (unpaired) electrons. The Morgan fingerprint density at radius 1 is 0.970 bits per heavy atom. The van der Waals surface area contributed by atoms with Gasteiger partial charge in [-0.2, -0.15) is 4.98 Å². The number of benzene rings is 1. The van der Waals surface area contributed by atoms with Crippen molar-refractivity contribution in [2.45, 2.75) is 44.7 Å². The summed E-state index contributed by atoms with van der Waals surface area (Å²) in [7, 11) is 0. The zero-order valence-electron chi connectivity index (χ0n) is 18.6. The number of rotatable bonds is 6. The molecule has 0 amide bonds. The predicted molar refractivity (Wildman–Crippen MR) is 130 cm³/mol. The molecular formula is C25H29F2N5S. The molecule has 33 heavy (non-hydrogen) atoms. The van der Waals surface area contributed by atoms with Gasteiger partial charge in [0.15, 0.2) is 0 Å². The summed E-state index contributed by atoms with van der Waals surface area (Å²) in [6, 6.07) is 8.55. The summed E-state index contributed by atoms with van der Waals surface area (Å²) in [4.78, 5) is 15.4. The fourth-order valence-electron chi connectivity index (χ4n) is 4.86. The molecule has 1 N–H and O–H groups in total. The Morgan fingerprint density at radius 2 is 1.73 bits per heavy atom. The van der Waals surface area contributed by atoms with Crippen LogP contribution in [0.3, 0.4) is 0 Å². The highest BCUT2D eigenvalue weighted by Gasteiger charge is 2.27. The minimum atomic E-state index is -0.561. The van der Waals surface area contributed by atoms with E-state index in [-0.39, 0.29) is 12.1 Å². The average molecular weight is 470 g/mol. The number of hydrogen-bond donors (Lipinski definition) is 1. The highest BCUT2D eigenvalue weighted by atomic mass is 32.1. The lowest BCUT2D eigenvalue weighted by Gasteiger charge is -2.40. The highest BCUT2D eigenvalue weighted by Crippen LogP contribution is 2.32. The van der Waals surface area contributed by atoms with E-state index in [1.165, 1.54) is 50.6 Å². The Balaban J connectivity index is 1.34. The second kappa shape index (κ2) is 10.1. The maximum atomic E-state index is 14.2. The smallest absolute Gasteiger partial charge is 0.227 e. The molecule has 2 saturated heterocycles. The first-order valence-electron chi connectivity index (χ1n) is 11.8. The summed E-state index contributed by atoms with van der Waals surface area (Å²) in [6.45, 7) is 4.29. The Kier molecular flexibility index (Phi) is 6.83. The molecule has 0 bridgehead atoms. The number of nitrogens with one attached hydrogen (secondary N) is 1. The number of anilines is 2. The maximum Gasteiger partial charge on any atom is 0.227 e. The van der Waals surface area contributed by atoms with Crippen LogP contribution in [0.5, 0.6) is 0 Å². The number of likely N-dealkylation sites (tertiary alicyclic amines) is 1. The molecule has 3 aromatic rings. The molecule has 0 spiro atoms. The molecule has 174 valence electrons. The number of halogens is 2. The Morgan fingerprint density at radius 3 is 2.42 bits per heavy atom. The maximum absolute atomic E-state index is 14.2. The lowest BCUT2D eigenvalue weighted by atomic mass is 10.00. The van der Waals surface area contributed by atoms with Crippen LogP contribution in [-0.2, 0) is 6.54 Å². The van der Waals surface area contributed by atoms with E-state index in [4.69, 9.17) is 4.98 Å². The topological polar surface area (TPSA) is 44.3 Å². The molecule has 2 aromatic heterocycles. The van der Waals surface area contributed by atoms with Crippen LogP contribution in [0.15, 0.2) is 41.9 Å². The average Bonchev–Trinajstić information content (AvgIpc) is 3.39. The van der Waals surface area contributed by atoms with Crippen LogP contribution >= 0.6 is 11.3 Å². The number of aromatic nitrogens is 2. The van der Waals surface area contributed by atoms with Crippen LogP contribution in [0, 0.1) is 11.6 Å². The van der Waals surface area contributed by atoms with Crippen molar-refractivity contribution >= 4 is 23.1 Å². The van der Waals surface area contributed by atoms with E-state index in [2.05, 4.69) is 20.1 Å². The summed E-state index contributed by atoms with van der Waals surface area (Å²) < 4.78 is 28.3. The van der Waals surface area contributed by atoms with Crippen molar-refractivity contribution in [1.82, 2.24) is 14.9 Å². The second-order valence-electron chi connectivity index (χ2n) is 8.78. The third-order valence-electron chi connectivity index (χ3n) is 6.71. The van der Waals surface area contributed by atoms with Crippen LogP contribution in [0.2, 0.25) is 0 Å². The zero-order valence-corrected chi connectivity index (χ0v) is 19.5. The van der Waals surface area contributed by atoms with Gasteiger partial charge in [0.25, 0.3) is 0 Å². The number of piperidine rings is 2. The van der Waals surface area contributed by atoms with Crippen LogP contribution in [0.4, 0.5) is 20.5 Å². The molecule has 0 unspecified atom stereocenters. The minimum absolute atomic E-state index is 0.0112. The van der Waals surface area contributed by atoms with Gasteiger partial charge in [0.05, 0.1) is 5.56 Å². The van der Waals surface area contributed by atoms with Gasteiger partial charge in [-0.3, -0.25) is 0 Å². The number of hydrogen-bond acceptors (Lipinski definition) is 6. The normalized spacial score (nSPS) is 17.9. The quantitative estimate of drug-likeness (QED) is 0.513. The molecule has 2 aliphatic rings. The molecular weight excluding hydrogens is 440 g/mol. The van der Waals surface area contributed by atoms with Gasteiger partial charge in [0, 0.05) is 42.3 Å². The fraction of sp³-hybridized carbons (Fsp3) is 0.440. The van der Waals surface area contributed by atoms with Gasteiger partial charge in [-0.1, -0.05) is 18.6 Å². The van der Waals surface area contributed by atoms with E-state index < -0.39 is 11.6 Å². The van der Waals surface area contributed by atoms with E-state index in [1.54, 1.807) is 11.3 Å². The van der Waals surface area contributed by atoms with Gasteiger partial charge in [0.1, 0.15) is 17.5 Å². The molecule has 5 nitrogen and oxygen atoms in total. The van der Waals surface area contributed by atoms with Crippen molar-refractivity contribution in [1.29, 1.82) is 0 Å². The second-order valence-corrected chi connectivity index (χ2v) is 9.73. The molecule has 0 atom stereocenters. The summed E-state index contributed by atoms with van der Waals surface area (Å²) >= 11 is 1.59. The van der Waals surface area contributed by atoms with Gasteiger partial charge in [-0.05, 0) is 62.4 Å². The monoisotopic (exact) mass is 469 g/mol. The summed E-state index contributed by atoms with van der Waals surface area (Å²) in [5.74, 6) is 0.149. The Bertz CT molecular complexity index is 1040. The van der Waals surface area contributed by atoms with Crippen LogP contribution < -0.4 is 10.2 Å². The largest absolute Gasteiger partial charge is 0.365 e. The lowest BCUT2D eigenvalue weighted by molar-refractivity contribution is 0.141. The van der Waals surface area contributed by atoms with Crippen molar-refractivity contribution in [3.05, 3.63) is 59.1 Å². The first kappa shape index (κ1) is 22.2. The lowest BCUT2D eigenvalue weighted by Crippen LogP contribution is -2.47. The zero-order chi connectivity index (χ0) is 22.6. The van der Waals surface area contributed by atoms with Crippen molar-refractivity contribution in [3.63, 3.8) is 0 Å². The van der Waals surface area contributed by atoms with Crippen molar-refractivity contribution in [2.24, 2.45) is 0 Å². The van der Waals surface area contributed by atoms with Crippen molar-refractivity contribution in [2.75, 3.05) is 36.4 Å². The fourth-order valence-corrected chi connectivity index (χ4v) is 5.60. The van der Waals surface area contributed by atoms with Gasteiger partial charge in [-0.25, -0.2) is 13.8 Å². The first-order chi connectivity index (χ1) is 16.2. The Hall–Kier alpha value is -2.58. The predicted octanol–water partition coefficient (Wildman–Crippen LogP) is 5.55. The molecule has 0 aliphatic carbocycles. The molecule has 4 heterocycles. The van der Waals surface area contributed by atoms with Crippen molar-refractivity contribution in [3.8, 4) is 10.4 Å². The van der Waals surface area contributed by atoms with E-state index in [9.17, 15) is 8.78 Å². The molecule has 2 fully saturated rings. The van der Waals surface area contributed by atoms with E-state index in [0.29, 0.717) is 17.8 Å². The van der Waals surface area contributed by atoms with E-state index in [1.807, 2.05) is 23.7 Å². The third-order valence-corrected chi connectivity index (χ3v) is 7.61. The van der Waals surface area contributed by atoms with Gasteiger partial charge in [-0.15, -0.1) is 11.3 Å². The molecule has 2 aliphatic heterocycles. The summed E-state index contributed by atoms with van der Waals surface area (Å²) in [5, 5.41) is 5.18. The molecule has 0 saturated carbocycles. The summed E-state index contributed by atoms with van der Waals surface area (Å²) in [6.07, 6.45) is 8.02. The molecule has 5 rings (SSSR count). The molecule has 1 aromatic carbocycles. The van der Waals surface area contributed by atoms with Gasteiger partial charge < -0.3 is 15.1 Å². The van der Waals surface area contributed by atoms with Gasteiger partial charge in [0.2, 0.25) is 5.95 Å². The standard InChI is InChI=1S/C25H29F2N5S/c26-21-6-4-7-22(27)19(21)16-28-24-20(23-8-5-15-33-23)17-29-25(30-24)32-13-9-18(10-14-32)31-11-2-1-3-12-31/h4-8,15,17-18H,1-3,9-14,16H2,(H,28,29,30).